The van der Waals surface area contributed by atoms with Crippen molar-refractivity contribution in [2.45, 2.75) is 76.2 Å². The number of methoxy groups -OCH3 is 2. The molecule has 328 valence electrons. The van der Waals surface area contributed by atoms with E-state index in [9.17, 15) is 23.8 Å². The first-order chi connectivity index (χ1) is 30.0. The highest BCUT2D eigenvalue weighted by molar-refractivity contribution is 6.36. The number of carboxylic acids is 1. The molecule has 17 heteroatoms. The molecular weight excluding hydrogens is 822 g/mol. The molecule has 1 aliphatic heterocycles. The number of hydrogen-bond acceptors (Lipinski definition) is 13. The van der Waals surface area contributed by atoms with Gasteiger partial charge in [0.2, 0.25) is 0 Å². The minimum atomic E-state index is -2.95. The molecular formula is C45H51ClF2N8O6. The van der Waals surface area contributed by atoms with Crippen molar-refractivity contribution in [3.05, 3.63) is 88.3 Å². The van der Waals surface area contributed by atoms with Crippen LogP contribution in [0.4, 0.5) is 31.7 Å². The summed E-state index contributed by atoms with van der Waals surface area (Å²) >= 11 is 7.10. The van der Waals surface area contributed by atoms with Crippen molar-refractivity contribution in [3.63, 3.8) is 0 Å². The number of nitrogens with one attached hydrogen (secondary N) is 4. The number of pyridine rings is 1. The molecule has 0 amide bonds. The molecule has 3 heterocycles. The third kappa shape index (κ3) is 10.2. The number of aliphatic carboxylic acids is 1. The third-order valence-corrected chi connectivity index (χ3v) is 12.1. The number of hydrogen-bond donors (Lipinski definition) is 6. The van der Waals surface area contributed by atoms with Crippen molar-refractivity contribution in [1.29, 1.82) is 5.41 Å². The smallest absolute Gasteiger partial charge is 0.303 e. The number of carbonyl (C=O) groups is 1. The zero-order chi connectivity index (χ0) is 43.9. The Morgan fingerprint density at radius 2 is 1.73 bits per heavy atom. The van der Waals surface area contributed by atoms with E-state index in [1.54, 1.807) is 38.6 Å². The first kappa shape index (κ1) is 44.5. The molecule has 0 radical (unpaired) electrons. The van der Waals surface area contributed by atoms with Gasteiger partial charge in [0.05, 0.1) is 48.7 Å². The Morgan fingerprint density at radius 3 is 2.39 bits per heavy atom. The number of rotatable bonds is 17. The van der Waals surface area contributed by atoms with Crippen molar-refractivity contribution >= 4 is 57.7 Å². The van der Waals surface area contributed by atoms with E-state index in [1.807, 2.05) is 43.4 Å². The van der Waals surface area contributed by atoms with E-state index in [1.165, 1.54) is 6.21 Å². The number of alkyl halides is 2. The molecule has 1 saturated heterocycles. The molecule has 0 spiro atoms. The lowest BCUT2D eigenvalue weighted by Crippen LogP contribution is -2.46. The summed E-state index contributed by atoms with van der Waals surface area (Å²) in [6.07, 6.45) is 3.66. The Balaban J connectivity index is 1.12. The number of aromatic nitrogens is 3. The van der Waals surface area contributed by atoms with Crippen molar-refractivity contribution < 1.29 is 38.0 Å². The van der Waals surface area contributed by atoms with Crippen LogP contribution in [0.5, 0.6) is 11.5 Å². The lowest BCUT2D eigenvalue weighted by molar-refractivity contribution is -0.138. The van der Waals surface area contributed by atoms with Crippen LogP contribution >= 0.6 is 11.6 Å². The molecule has 7 rings (SSSR count). The Hall–Kier alpha value is -5.52. The van der Waals surface area contributed by atoms with Gasteiger partial charge in [0.1, 0.15) is 17.0 Å². The van der Waals surface area contributed by atoms with Crippen LogP contribution < -0.4 is 25.4 Å². The van der Waals surface area contributed by atoms with Crippen LogP contribution in [0.15, 0.2) is 60.8 Å². The molecule has 1 aliphatic carbocycles. The molecule has 0 bridgehead atoms. The second-order valence-corrected chi connectivity index (χ2v) is 16.1. The molecule has 2 aromatic heterocycles. The largest absolute Gasteiger partial charge is 0.496 e. The summed E-state index contributed by atoms with van der Waals surface area (Å²) in [5.41, 5.74) is 5.49. The zero-order valence-corrected chi connectivity index (χ0v) is 35.5. The van der Waals surface area contributed by atoms with Crippen LogP contribution in [-0.2, 0) is 22.6 Å². The maximum atomic E-state index is 14.2. The quantitative estimate of drug-likeness (QED) is 0.0489. The Morgan fingerprint density at radius 1 is 1.02 bits per heavy atom. The average molecular weight is 873 g/mol. The van der Waals surface area contributed by atoms with Gasteiger partial charge >= 0.3 is 5.97 Å². The molecule has 14 nitrogen and oxygen atoms in total. The van der Waals surface area contributed by atoms with Gasteiger partial charge in [-0.25, -0.2) is 18.7 Å². The zero-order valence-electron chi connectivity index (χ0n) is 34.8. The van der Waals surface area contributed by atoms with Crippen LogP contribution in [-0.4, -0.2) is 94.9 Å². The van der Waals surface area contributed by atoms with Crippen molar-refractivity contribution in [2.75, 3.05) is 45.1 Å². The van der Waals surface area contributed by atoms with E-state index >= 15 is 0 Å². The predicted molar refractivity (Wildman–Crippen MR) is 235 cm³/mol. The molecule has 3 aromatic carbocycles. The van der Waals surface area contributed by atoms with Gasteiger partial charge in [-0.1, -0.05) is 35.9 Å². The molecule has 5 aromatic rings. The number of halogens is 3. The Labute approximate surface area is 363 Å². The van der Waals surface area contributed by atoms with Gasteiger partial charge in [-0.15, -0.1) is 0 Å². The number of ether oxygens (including phenoxy) is 3. The predicted octanol–water partition coefficient (Wildman–Crippen LogP) is 8.49. The number of nitrogens with zero attached hydrogens (tertiary/aromatic N) is 4. The normalized spacial score (nSPS) is 19.1. The fourth-order valence-corrected chi connectivity index (χ4v) is 8.69. The summed E-state index contributed by atoms with van der Waals surface area (Å²) in [5, 5.41) is 38.3. The first-order valence-electron chi connectivity index (χ1n) is 20.5. The van der Waals surface area contributed by atoms with Gasteiger partial charge in [0.15, 0.2) is 11.6 Å². The maximum Gasteiger partial charge on any atom is 0.303 e. The Bertz CT molecular complexity index is 2380. The highest BCUT2D eigenvalue weighted by Gasteiger charge is 2.27. The summed E-state index contributed by atoms with van der Waals surface area (Å²) in [7, 11) is 5.15. The number of aliphatic hydroxyl groups is 1. The second-order valence-electron chi connectivity index (χ2n) is 15.7. The average Bonchev–Trinajstić information content (AvgIpc) is 3.26. The van der Waals surface area contributed by atoms with Crippen LogP contribution in [0.3, 0.4) is 0 Å². The second kappa shape index (κ2) is 20.1. The number of aliphatic hydroxyl groups excluding tert-OH is 1. The van der Waals surface area contributed by atoms with Gasteiger partial charge in [-0.05, 0) is 74.4 Å². The third-order valence-electron chi connectivity index (χ3n) is 11.7. The van der Waals surface area contributed by atoms with Gasteiger partial charge in [-0.2, -0.15) is 0 Å². The standard InChI is InChI=1S/C45H51ClF2N8O6/c1-56(28-12-10-25(11-13-28)17-40(58)59)23-26-16-36-42(51-21-26)44(55-45(54-36)43(47)48)53-35-9-5-7-30(41(35)46)29-6-4-8-33(31(29)20-49)52-27-18-38(60-2)32(39(19-27)61-3)22-50-34-14-15-62-24-37(34)57/h4-9,16,18-21,25,28,34,37,43,49-50,52,57H,10-15,17,22-24H2,1-3H3,(H,58,59)(H,53,54,55). The lowest BCUT2D eigenvalue weighted by atomic mass is 9.83. The summed E-state index contributed by atoms with van der Waals surface area (Å²) in [6.45, 7) is 1.74. The van der Waals surface area contributed by atoms with E-state index in [4.69, 9.17) is 31.2 Å². The van der Waals surface area contributed by atoms with Crippen molar-refractivity contribution in [1.82, 2.24) is 25.2 Å². The van der Waals surface area contributed by atoms with E-state index in [0.29, 0.717) is 71.4 Å². The number of fused-ring (bicyclic) bond motifs is 1. The van der Waals surface area contributed by atoms with Crippen LogP contribution in [0, 0.1) is 11.3 Å². The van der Waals surface area contributed by atoms with Crippen LogP contribution in [0.1, 0.15) is 67.5 Å². The monoisotopic (exact) mass is 872 g/mol. The minimum Gasteiger partial charge on any atom is -0.496 e. The van der Waals surface area contributed by atoms with Gasteiger partial charge in [0, 0.05) is 85.2 Å². The number of anilines is 4. The van der Waals surface area contributed by atoms with Crippen LogP contribution in [0.2, 0.25) is 5.02 Å². The van der Waals surface area contributed by atoms with Gasteiger partial charge in [-0.3, -0.25) is 14.7 Å². The molecule has 6 N–H and O–H groups in total. The van der Waals surface area contributed by atoms with E-state index in [2.05, 4.69) is 35.8 Å². The topological polar surface area (TPSA) is 187 Å². The number of benzene rings is 3. The van der Waals surface area contributed by atoms with Crippen molar-refractivity contribution in [3.8, 4) is 22.6 Å². The van der Waals surface area contributed by atoms with E-state index < -0.39 is 24.3 Å². The van der Waals surface area contributed by atoms with Crippen molar-refractivity contribution in [2.24, 2.45) is 5.92 Å². The molecule has 2 fully saturated rings. The van der Waals surface area contributed by atoms with E-state index in [0.717, 1.165) is 36.8 Å². The highest BCUT2D eigenvalue weighted by atomic mass is 35.5. The van der Waals surface area contributed by atoms with Gasteiger partial charge < -0.3 is 45.8 Å². The highest BCUT2D eigenvalue weighted by Crippen LogP contribution is 2.41. The Kier molecular flexibility index (Phi) is 14.4. The van der Waals surface area contributed by atoms with Crippen LogP contribution in [0.25, 0.3) is 22.2 Å². The summed E-state index contributed by atoms with van der Waals surface area (Å²) in [4.78, 5) is 26.3. The van der Waals surface area contributed by atoms with Gasteiger partial charge in [0.25, 0.3) is 6.43 Å². The molecule has 1 saturated carbocycles. The summed E-state index contributed by atoms with van der Waals surface area (Å²) in [6, 6.07) is 16.4. The molecule has 2 unspecified atom stereocenters. The maximum absolute atomic E-state index is 14.2. The SMILES string of the molecule is COc1cc(Nc2cccc(-c3cccc(Nc4nc(C(F)F)nc5cc(CN(C)C6CCC(CC(=O)O)CC6)cnc45)c3Cl)c2C=N)cc(OC)c1CNC1CCOCC1O. The summed E-state index contributed by atoms with van der Waals surface area (Å²) < 4.78 is 45.4. The fraction of sp³-hybridized carbons (Fsp3) is 0.400. The molecule has 62 heavy (non-hydrogen) atoms. The number of carboxylic acid groups (broad SMARTS) is 1. The molecule has 2 atom stereocenters. The lowest BCUT2D eigenvalue weighted by Gasteiger charge is -2.34. The molecule has 2 aliphatic rings. The minimum absolute atomic E-state index is 0.0641. The summed E-state index contributed by atoms with van der Waals surface area (Å²) in [5.74, 6) is -0.0499. The van der Waals surface area contributed by atoms with E-state index in [-0.39, 0.29) is 52.9 Å². The fourth-order valence-electron chi connectivity index (χ4n) is 8.41. The first-order valence-corrected chi connectivity index (χ1v) is 20.9.